The van der Waals surface area contributed by atoms with E-state index in [2.05, 4.69) is 0 Å². The third-order valence-corrected chi connectivity index (χ3v) is 3.92. The smallest absolute Gasteiger partial charge is 0.189 e. The number of halogens is 1. The van der Waals surface area contributed by atoms with Crippen molar-refractivity contribution in [3.8, 4) is 11.5 Å². The predicted molar refractivity (Wildman–Crippen MR) is 82.1 cm³/mol. The summed E-state index contributed by atoms with van der Waals surface area (Å²) in [5.41, 5.74) is 2.95. The van der Waals surface area contributed by atoms with Gasteiger partial charge in [-0.1, -0.05) is 29.8 Å². The monoisotopic (exact) mass is 300 g/mol. The lowest BCUT2D eigenvalue weighted by Gasteiger charge is -2.04. The maximum absolute atomic E-state index is 12.3. The van der Waals surface area contributed by atoms with Crippen LogP contribution in [0.25, 0.3) is 6.08 Å². The second-order valence-corrected chi connectivity index (χ2v) is 5.28. The van der Waals surface area contributed by atoms with E-state index in [0.29, 0.717) is 28.3 Å². The lowest BCUT2D eigenvalue weighted by atomic mass is 10.1. The Bertz CT molecular complexity index is 763. The van der Waals surface area contributed by atoms with Crippen molar-refractivity contribution in [1.29, 1.82) is 0 Å². The fourth-order valence-corrected chi connectivity index (χ4v) is 2.75. The Morgan fingerprint density at radius 3 is 2.76 bits per heavy atom. The minimum atomic E-state index is -0.0113. The van der Waals surface area contributed by atoms with Gasteiger partial charge in [-0.3, -0.25) is 4.79 Å². The molecule has 0 radical (unpaired) electrons. The van der Waals surface area contributed by atoms with Crippen molar-refractivity contribution in [2.24, 2.45) is 0 Å². The number of ether oxygens (including phenoxy) is 1. The van der Waals surface area contributed by atoms with Crippen molar-refractivity contribution in [2.75, 3.05) is 7.11 Å². The van der Waals surface area contributed by atoms with E-state index in [4.69, 9.17) is 16.3 Å². The number of carbonyl (C=O) groups is 1. The van der Waals surface area contributed by atoms with Crippen LogP contribution in [0.5, 0.6) is 11.5 Å². The first kappa shape index (κ1) is 13.7. The third kappa shape index (κ3) is 2.41. The van der Waals surface area contributed by atoms with Gasteiger partial charge in [-0.05, 0) is 35.4 Å². The molecule has 0 atom stereocenters. The highest BCUT2D eigenvalue weighted by Gasteiger charge is 2.26. The lowest BCUT2D eigenvalue weighted by molar-refractivity contribution is 0.104. The van der Waals surface area contributed by atoms with Crippen LogP contribution in [0.1, 0.15) is 21.5 Å². The molecule has 0 heterocycles. The van der Waals surface area contributed by atoms with Crippen LogP contribution >= 0.6 is 11.6 Å². The van der Waals surface area contributed by atoms with Crippen LogP contribution < -0.4 is 4.74 Å². The van der Waals surface area contributed by atoms with Crippen molar-refractivity contribution in [2.45, 2.75) is 6.42 Å². The molecule has 106 valence electrons. The first-order chi connectivity index (χ1) is 10.1. The molecule has 0 aromatic heterocycles. The number of aromatic hydroxyl groups is 1. The van der Waals surface area contributed by atoms with E-state index in [9.17, 15) is 9.90 Å². The van der Waals surface area contributed by atoms with Crippen LogP contribution in [0.2, 0.25) is 5.02 Å². The predicted octanol–water partition coefficient (Wildman–Crippen LogP) is 3.88. The molecule has 2 aromatic rings. The standard InChI is InChI=1S/C17H13ClO3/c1-21-16-6-5-10(8-15(16)19)7-11-9-13-12(17(11)20)3-2-4-14(13)18/h2-8,19H,9H2,1H3. The first-order valence-corrected chi connectivity index (χ1v) is 6.87. The molecule has 1 aliphatic rings. The highest BCUT2D eigenvalue weighted by molar-refractivity contribution is 6.33. The van der Waals surface area contributed by atoms with Gasteiger partial charge in [0.25, 0.3) is 0 Å². The Labute approximate surface area is 127 Å². The number of rotatable bonds is 2. The van der Waals surface area contributed by atoms with E-state index in [-0.39, 0.29) is 11.5 Å². The molecule has 21 heavy (non-hydrogen) atoms. The van der Waals surface area contributed by atoms with Gasteiger partial charge >= 0.3 is 0 Å². The normalized spacial score (nSPS) is 15.3. The highest BCUT2D eigenvalue weighted by Crippen LogP contribution is 2.34. The Morgan fingerprint density at radius 1 is 1.29 bits per heavy atom. The van der Waals surface area contributed by atoms with Crippen molar-refractivity contribution in [3.63, 3.8) is 0 Å². The summed E-state index contributed by atoms with van der Waals surface area (Å²) in [5, 5.41) is 10.4. The van der Waals surface area contributed by atoms with Crippen LogP contribution in [0, 0.1) is 0 Å². The quantitative estimate of drug-likeness (QED) is 0.856. The first-order valence-electron chi connectivity index (χ1n) is 6.50. The second-order valence-electron chi connectivity index (χ2n) is 4.87. The minimum absolute atomic E-state index is 0.0113. The van der Waals surface area contributed by atoms with E-state index in [1.54, 1.807) is 42.5 Å². The maximum atomic E-state index is 12.3. The molecule has 4 heteroatoms. The van der Waals surface area contributed by atoms with Crippen molar-refractivity contribution >= 4 is 23.5 Å². The fraction of sp³-hybridized carbons (Fsp3) is 0.118. The van der Waals surface area contributed by atoms with Gasteiger partial charge in [0, 0.05) is 22.6 Å². The van der Waals surface area contributed by atoms with Gasteiger partial charge in [-0.15, -0.1) is 0 Å². The molecular formula is C17H13ClO3. The molecule has 2 aromatic carbocycles. The van der Waals surface area contributed by atoms with Gasteiger partial charge in [0.1, 0.15) is 0 Å². The van der Waals surface area contributed by atoms with Crippen LogP contribution in [0.3, 0.4) is 0 Å². The molecule has 0 saturated heterocycles. The van der Waals surface area contributed by atoms with E-state index in [1.807, 2.05) is 0 Å². The Hall–Kier alpha value is -2.26. The van der Waals surface area contributed by atoms with E-state index < -0.39 is 0 Å². The SMILES string of the molecule is COc1ccc(C=C2Cc3c(Cl)cccc3C2=O)cc1O. The number of phenols is 1. The third-order valence-electron chi connectivity index (χ3n) is 3.57. The van der Waals surface area contributed by atoms with Crippen molar-refractivity contribution < 1.29 is 14.6 Å². The van der Waals surface area contributed by atoms with Crippen LogP contribution in [0.15, 0.2) is 42.0 Å². The molecule has 0 spiro atoms. The molecule has 1 N–H and O–H groups in total. The Morgan fingerprint density at radius 2 is 2.10 bits per heavy atom. The molecule has 0 amide bonds. The van der Waals surface area contributed by atoms with Gasteiger partial charge < -0.3 is 9.84 Å². The van der Waals surface area contributed by atoms with Gasteiger partial charge in [0.2, 0.25) is 0 Å². The zero-order chi connectivity index (χ0) is 15.0. The number of carbonyl (C=O) groups excluding carboxylic acids is 1. The molecule has 3 nitrogen and oxygen atoms in total. The molecule has 1 aliphatic carbocycles. The summed E-state index contributed by atoms with van der Waals surface area (Å²) in [7, 11) is 1.49. The number of phenolic OH excluding ortho intramolecular Hbond substituents is 1. The average molecular weight is 301 g/mol. The zero-order valence-electron chi connectivity index (χ0n) is 11.4. The molecule has 0 unspecified atom stereocenters. The minimum Gasteiger partial charge on any atom is -0.504 e. The molecule has 0 bridgehead atoms. The molecular weight excluding hydrogens is 288 g/mol. The fourth-order valence-electron chi connectivity index (χ4n) is 2.51. The van der Waals surface area contributed by atoms with E-state index >= 15 is 0 Å². The number of methoxy groups -OCH3 is 1. The topological polar surface area (TPSA) is 46.5 Å². The molecule has 0 fully saturated rings. The van der Waals surface area contributed by atoms with E-state index in [1.165, 1.54) is 7.11 Å². The number of benzene rings is 2. The molecule has 0 saturated carbocycles. The summed E-state index contributed by atoms with van der Waals surface area (Å²) in [6.07, 6.45) is 2.29. The Kier molecular flexibility index (Phi) is 3.43. The summed E-state index contributed by atoms with van der Waals surface area (Å²) in [4.78, 5) is 12.3. The van der Waals surface area contributed by atoms with Crippen LogP contribution in [-0.2, 0) is 6.42 Å². The summed E-state index contributed by atoms with van der Waals surface area (Å²) in [6.45, 7) is 0. The summed E-state index contributed by atoms with van der Waals surface area (Å²) in [5.74, 6) is 0.442. The number of hydrogen-bond acceptors (Lipinski definition) is 3. The number of allylic oxidation sites excluding steroid dienone is 1. The van der Waals surface area contributed by atoms with Gasteiger partial charge in [0.05, 0.1) is 7.11 Å². The zero-order valence-corrected chi connectivity index (χ0v) is 12.1. The highest BCUT2D eigenvalue weighted by atomic mass is 35.5. The van der Waals surface area contributed by atoms with Crippen LogP contribution in [0.4, 0.5) is 0 Å². The van der Waals surface area contributed by atoms with Crippen molar-refractivity contribution in [3.05, 3.63) is 63.7 Å². The summed E-state index contributed by atoms with van der Waals surface area (Å²) in [6, 6.07) is 10.4. The Balaban J connectivity index is 1.98. The number of fused-ring (bicyclic) bond motifs is 1. The van der Waals surface area contributed by atoms with Crippen molar-refractivity contribution in [1.82, 2.24) is 0 Å². The summed E-state index contributed by atoms with van der Waals surface area (Å²) < 4.78 is 5.00. The van der Waals surface area contributed by atoms with E-state index in [0.717, 1.165) is 11.1 Å². The molecule has 0 aliphatic heterocycles. The number of ketones is 1. The second kappa shape index (κ2) is 5.26. The van der Waals surface area contributed by atoms with Gasteiger partial charge in [-0.2, -0.15) is 0 Å². The number of Topliss-reactive ketones (excluding diaryl/α,β-unsaturated/α-hetero) is 1. The maximum Gasteiger partial charge on any atom is 0.189 e. The van der Waals surface area contributed by atoms with Gasteiger partial charge in [-0.25, -0.2) is 0 Å². The number of hydrogen-bond donors (Lipinski definition) is 1. The van der Waals surface area contributed by atoms with Crippen LogP contribution in [-0.4, -0.2) is 18.0 Å². The largest absolute Gasteiger partial charge is 0.504 e. The molecule has 3 rings (SSSR count). The average Bonchev–Trinajstić information content (AvgIpc) is 2.78. The van der Waals surface area contributed by atoms with Gasteiger partial charge in [0.15, 0.2) is 17.3 Å². The lowest BCUT2D eigenvalue weighted by Crippen LogP contribution is -1.95. The summed E-state index contributed by atoms with van der Waals surface area (Å²) >= 11 is 6.13.